The fourth-order valence-corrected chi connectivity index (χ4v) is 2.17. The van der Waals surface area contributed by atoms with Crippen molar-refractivity contribution in [2.24, 2.45) is 0 Å². The third-order valence-electron chi connectivity index (χ3n) is 3.02. The van der Waals surface area contributed by atoms with E-state index in [1.807, 2.05) is 0 Å². The zero-order valence-corrected chi connectivity index (χ0v) is 12.5. The molecule has 0 bridgehead atoms. The number of nitrogens with one attached hydrogen (secondary N) is 1. The van der Waals surface area contributed by atoms with Gasteiger partial charge in [0.05, 0.1) is 17.5 Å². The Labute approximate surface area is 136 Å². The predicted octanol–water partition coefficient (Wildman–Crippen LogP) is 2.92. The van der Waals surface area contributed by atoms with E-state index in [-0.39, 0.29) is 23.2 Å². The Morgan fingerprint density at radius 2 is 1.52 bits per heavy atom. The van der Waals surface area contributed by atoms with Gasteiger partial charge in [0.15, 0.2) is 0 Å². The third kappa shape index (κ3) is 4.31. The van der Waals surface area contributed by atoms with Crippen LogP contribution in [0.3, 0.4) is 0 Å². The average molecular weight is 334 g/mol. The molecular formula is C16H12ClNO5. The van der Waals surface area contributed by atoms with Crippen molar-refractivity contribution >= 4 is 35.1 Å². The number of rotatable bonds is 5. The van der Waals surface area contributed by atoms with Gasteiger partial charge in [0.1, 0.15) is 0 Å². The Balaban J connectivity index is 2.22. The molecule has 0 unspecified atom stereocenters. The first kappa shape index (κ1) is 16.5. The van der Waals surface area contributed by atoms with Gasteiger partial charge < -0.3 is 15.5 Å². The van der Waals surface area contributed by atoms with E-state index in [1.54, 1.807) is 24.3 Å². The summed E-state index contributed by atoms with van der Waals surface area (Å²) in [6.45, 7) is 0. The van der Waals surface area contributed by atoms with Gasteiger partial charge in [-0.05, 0) is 29.8 Å². The molecule has 0 fully saturated rings. The van der Waals surface area contributed by atoms with E-state index in [0.29, 0.717) is 10.6 Å². The highest BCUT2D eigenvalue weighted by atomic mass is 35.5. The van der Waals surface area contributed by atoms with Crippen LogP contribution in [0.4, 0.5) is 5.69 Å². The van der Waals surface area contributed by atoms with Crippen LogP contribution in [0.25, 0.3) is 0 Å². The number of anilines is 1. The molecule has 0 saturated heterocycles. The Morgan fingerprint density at radius 1 is 0.957 bits per heavy atom. The molecule has 0 saturated carbocycles. The van der Waals surface area contributed by atoms with E-state index in [4.69, 9.17) is 21.8 Å². The highest BCUT2D eigenvalue weighted by molar-refractivity contribution is 6.31. The van der Waals surface area contributed by atoms with Gasteiger partial charge in [-0.2, -0.15) is 0 Å². The number of hydrogen-bond acceptors (Lipinski definition) is 3. The normalized spacial score (nSPS) is 10.1. The molecule has 2 rings (SSSR count). The van der Waals surface area contributed by atoms with Gasteiger partial charge in [-0.3, -0.25) is 4.79 Å². The lowest BCUT2D eigenvalue weighted by molar-refractivity contribution is -0.115. The van der Waals surface area contributed by atoms with Gasteiger partial charge in [0, 0.05) is 10.7 Å². The van der Waals surface area contributed by atoms with E-state index in [9.17, 15) is 14.4 Å². The van der Waals surface area contributed by atoms with Crippen LogP contribution < -0.4 is 5.32 Å². The molecule has 6 nitrogen and oxygen atoms in total. The first-order chi connectivity index (χ1) is 10.9. The minimum atomic E-state index is -1.28. The van der Waals surface area contributed by atoms with Crippen molar-refractivity contribution in [1.29, 1.82) is 0 Å². The van der Waals surface area contributed by atoms with Crippen molar-refractivity contribution in [1.82, 2.24) is 0 Å². The number of carbonyl (C=O) groups is 3. The van der Waals surface area contributed by atoms with E-state index < -0.39 is 17.8 Å². The smallest absolute Gasteiger partial charge is 0.335 e. The molecule has 7 heteroatoms. The molecule has 2 aromatic rings. The van der Waals surface area contributed by atoms with Crippen LogP contribution in [-0.2, 0) is 11.2 Å². The summed E-state index contributed by atoms with van der Waals surface area (Å²) < 4.78 is 0. The van der Waals surface area contributed by atoms with Crippen molar-refractivity contribution in [3.05, 3.63) is 64.2 Å². The zero-order chi connectivity index (χ0) is 17.0. The molecule has 0 aliphatic rings. The molecule has 118 valence electrons. The van der Waals surface area contributed by atoms with Crippen molar-refractivity contribution in [2.75, 3.05) is 5.32 Å². The van der Waals surface area contributed by atoms with E-state index in [0.717, 1.165) is 6.07 Å². The number of carbonyl (C=O) groups excluding carboxylic acids is 1. The molecule has 1 amide bonds. The minimum Gasteiger partial charge on any atom is -0.478 e. The molecule has 0 spiro atoms. The van der Waals surface area contributed by atoms with Crippen molar-refractivity contribution in [3.8, 4) is 0 Å². The lowest BCUT2D eigenvalue weighted by Gasteiger charge is -2.08. The first-order valence-corrected chi connectivity index (χ1v) is 6.89. The first-order valence-electron chi connectivity index (χ1n) is 6.52. The van der Waals surface area contributed by atoms with Gasteiger partial charge in [-0.1, -0.05) is 29.8 Å². The van der Waals surface area contributed by atoms with E-state index >= 15 is 0 Å². The number of carboxylic acid groups (broad SMARTS) is 2. The van der Waals surface area contributed by atoms with Gasteiger partial charge >= 0.3 is 11.9 Å². The van der Waals surface area contributed by atoms with Gasteiger partial charge in [-0.15, -0.1) is 0 Å². The lowest BCUT2D eigenvalue weighted by atomic mass is 10.1. The van der Waals surface area contributed by atoms with Crippen LogP contribution in [0.15, 0.2) is 42.5 Å². The standard InChI is InChI=1S/C16H12ClNO5/c17-13-4-2-1-3-9(13)8-14(19)18-12-6-10(15(20)21)5-11(7-12)16(22)23/h1-7H,8H2,(H,18,19)(H,20,21)(H,22,23). The minimum absolute atomic E-state index is 0.0145. The number of amides is 1. The molecule has 0 atom stereocenters. The number of hydrogen-bond donors (Lipinski definition) is 3. The summed E-state index contributed by atoms with van der Waals surface area (Å²) in [5.74, 6) is -3.00. The topological polar surface area (TPSA) is 104 Å². The summed E-state index contributed by atoms with van der Waals surface area (Å²) in [5, 5.41) is 20.9. The van der Waals surface area contributed by atoms with Crippen LogP contribution in [0.1, 0.15) is 26.3 Å². The second-order valence-electron chi connectivity index (χ2n) is 4.73. The Morgan fingerprint density at radius 3 is 2.04 bits per heavy atom. The highest BCUT2D eigenvalue weighted by Gasteiger charge is 2.13. The SMILES string of the molecule is O=C(Cc1ccccc1Cl)Nc1cc(C(=O)O)cc(C(=O)O)c1. The van der Waals surface area contributed by atoms with Crippen molar-refractivity contribution in [3.63, 3.8) is 0 Å². The molecule has 0 aliphatic carbocycles. The monoisotopic (exact) mass is 333 g/mol. The number of aromatic carboxylic acids is 2. The fourth-order valence-electron chi connectivity index (χ4n) is 1.97. The highest BCUT2D eigenvalue weighted by Crippen LogP contribution is 2.18. The van der Waals surface area contributed by atoms with E-state index in [1.165, 1.54) is 12.1 Å². The quantitative estimate of drug-likeness (QED) is 0.780. The second-order valence-corrected chi connectivity index (χ2v) is 5.13. The lowest BCUT2D eigenvalue weighted by Crippen LogP contribution is -2.16. The summed E-state index contributed by atoms with van der Waals surface area (Å²) in [6, 6.07) is 10.2. The Kier molecular flexibility index (Phi) is 4.98. The number of benzene rings is 2. The summed E-state index contributed by atoms with van der Waals surface area (Å²) >= 11 is 5.97. The second kappa shape index (κ2) is 6.93. The fraction of sp³-hybridized carbons (Fsp3) is 0.0625. The molecular weight excluding hydrogens is 322 g/mol. The summed E-state index contributed by atoms with van der Waals surface area (Å²) in [4.78, 5) is 34.1. The van der Waals surface area contributed by atoms with Gasteiger partial charge in [-0.25, -0.2) is 9.59 Å². The molecule has 23 heavy (non-hydrogen) atoms. The van der Waals surface area contributed by atoms with Crippen LogP contribution in [0, 0.1) is 0 Å². The van der Waals surface area contributed by atoms with Crippen LogP contribution in [0.2, 0.25) is 5.02 Å². The maximum atomic E-state index is 12.0. The summed E-state index contributed by atoms with van der Waals surface area (Å²) in [6.07, 6.45) is -0.0145. The molecule has 0 aliphatic heterocycles. The number of halogens is 1. The molecule has 0 heterocycles. The maximum Gasteiger partial charge on any atom is 0.335 e. The van der Waals surface area contributed by atoms with E-state index in [2.05, 4.69) is 5.32 Å². The average Bonchev–Trinajstić information content (AvgIpc) is 2.49. The van der Waals surface area contributed by atoms with Gasteiger partial charge in [0.2, 0.25) is 5.91 Å². The molecule has 2 aromatic carbocycles. The molecule has 0 aromatic heterocycles. The predicted molar refractivity (Wildman–Crippen MR) is 84.1 cm³/mol. The molecule has 0 radical (unpaired) electrons. The summed E-state index contributed by atoms with van der Waals surface area (Å²) in [7, 11) is 0. The van der Waals surface area contributed by atoms with Crippen molar-refractivity contribution in [2.45, 2.75) is 6.42 Å². The Bertz CT molecular complexity index is 756. The maximum absolute atomic E-state index is 12.0. The molecule has 3 N–H and O–H groups in total. The third-order valence-corrected chi connectivity index (χ3v) is 3.39. The van der Waals surface area contributed by atoms with Crippen LogP contribution in [-0.4, -0.2) is 28.1 Å². The van der Waals surface area contributed by atoms with Crippen LogP contribution >= 0.6 is 11.6 Å². The van der Waals surface area contributed by atoms with Gasteiger partial charge in [0.25, 0.3) is 0 Å². The zero-order valence-electron chi connectivity index (χ0n) is 11.7. The summed E-state index contributed by atoms with van der Waals surface area (Å²) in [5.41, 5.74) is 0.259. The Hall–Kier alpha value is -2.86. The van der Waals surface area contributed by atoms with Crippen LogP contribution in [0.5, 0.6) is 0 Å². The largest absolute Gasteiger partial charge is 0.478 e. The van der Waals surface area contributed by atoms with Crippen molar-refractivity contribution < 1.29 is 24.6 Å². The number of carboxylic acids is 2.